The van der Waals surface area contributed by atoms with E-state index in [1.54, 1.807) is 36.7 Å². The molecule has 7 rings (SSSR count). The minimum atomic E-state index is -5.19. The number of halogens is 10. The van der Waals surface area contributed by atoms with Crippen LogP contribution < -0.4 is 26.3 Å². The van der Waals surface area contributed by atoms with E-state index in [2.05, 4.69) is 62.2 Å². The Balaban J connectivity index is 1.16. The molecule has 27 heteroatoms. The largest absolute Gasteiger partial charge is 0.453 e. The van der Waals surface area contributed by atoms with Gasteiger partial charge in [0.05, 0.1) is 48.5 Å². The molecular weight excluding hydrogens is 1080 g/mol. The van der Waals surface area contributed by atoms with E-state index in [1.807, 2.05) is 5.32 Å². The fraction of sp³-hybridized carbons (Fsp3) is 0.547. The van der Waals surface area contributed by atoms with Crippen LogP contribution in [0.2, 0.25) is 0 Å². The molecule has 0 radical (unpaired) electrons. The maximum absolute atomic E-state index is 16.0. The number of aliphatic hydroxyl groups excluding tert-OH is 1. The molecule has 4 aromatic rings. The zero-order valence-corrected chi connectivity index (χ0v) is 44.6. The Bertz CT molecular complexity index is 2820. The highest BCUT2D eigenvalue weighted by Crippen LogP contribution is 2.42. The highest BCUT2D eigenvalue weighted by atomic mass is 19.4. The molecule has 2 aromatic heterocycles. The number of amides is 3. The summed E-state index contributed by atoms with van der Waals surface area (Å²) in [4.78, 5) is 52.9. The summed E-state index contributed by atoms with van der Waals surface area (Å²) >= 11 is 0. The molecule has 4 heterocycles. The molecule has 5 N–H and O–H groups in total. The Morgan fingerprint density at radius 1 is 0.800 bits per heavy atom. The second kappa shape index (κ2) is 24.9. The van der Waals surface area contributed by atoms with Gasteiger partial charge in [-0.1, -0.05) is 30.4 Å². The Hall–Kier alpha value is -6.76. The molecule has 436 valence electrons. The van der Waals surface area contributed by atoms with Crippen LogP contribution in [0.1, 0.15) is 88.6 Å². The number of aliphatic hydroxyl groups is 1. The lowest BCUT2D eigenvalue weighted by molar-refractivity contribution is -0.221. The molecule has 80 heavy (non-hydrogen) atoms. The second-order valence-corrected chi connectivity index (χ2v) is 21.3. The Kier molecular flexibility index (Phi) is 19.0. The molecule has 17 nitrogen and oxygen atoms in total. The highest BCUT2D eigenvalue weighted by Gasteiger charge is 2.56. The van der Waals surface area contributed by atoms with Crippen molar-refractivity contribution in [3.05, 3.63) is 94.9 Å². The number of nitrogens with zero attached hydrogens (tertiary/aromatic N) is 7. The van der Waals surface area contributed by atoms with E-state index in [0.29, 0.717) is 71.8 Å². The van der Waals surface area contributed by atoms with Gasteiger partial charge in [-0.3, -0.25) is 15.1 Å². The van der Waals surface area contributed by atoms with Gasteiger partial charge in [-0.25, -0.2) is 38.0 Å². The molecule has 2 unspecified atom stereocenters. The molecule has 2 bridgehead atoms. The number of methoxy groups -OCH3 is 2. The summed E-state index contributed by atoms with van der Waals surface area (Å²) in [6, 6.07) is 4.78. The van der Waals surface area contributed by atoms with E-state index >= 15 is 8.78 Å². The van der Waals surface area contributed by atoms with Crippen LogP contribution >= 0.6 is 0 Å². The van der Waals surface area contributed by atoms with Gasteiger partial charge in [-0.15, -0.1) is 0 Å². The predicted molar refractivity (Wildman–Crippen MR) is 270 cm³/mol. The van der Waals surface area contributed by atoms with Crippen LogP contribution in [-0.2, 0) is 27.2 Å². The lowest BCUT2D eigenvalue weighted by atomic mass is 9.83. The van der Waals surface area contributed by atoms with Gasteiger partial charge in [-0.05, 0) is 95.7 Å². The van der Waals surface area contributed by atoms with Crippen LogP contribution in [0.5, 0.6) is 0 Å². The number of aromatic nitrogens is 4. The molecule has 2 aliphatic heterocycles. The van der Waals surface area contributed by atoms with Crippen LogP contribution in [0.25, 0.3) is 11.3 Å². The minimum Gasteiger partial charge on any atom is -0.453 e. The van der Waals surface area contributed by atoms with Crippen molar-refractivity contribution in [3.8, 4) is 23.1 Å². The van der Waals surface area contributed by atoms with Gasteiger partial charge in [0.15, 0.2) is 0 Å². The maximum atomic E-state index is 16.0. The number of ether oxygens (including phenoxy) is 2. The van der Waals surface area contributed by atoms with Crippen LogP contribution in [0.15, 0.2) is 61.1 Å². The van der Waals surface area contributed by atoms with Gasteiger partial charge in [0.2, 0.25) is 5.95 Å². The molecular formula is C53H63F10N11O6. The minimum absolute atomic E-state index is 0.222. The van der Waals surface area contributed by atoms with Crippen molar-refractivity contribution in [3.63, 3.8) is 0 Å². The van der Waals surface area contributed by atoms with Crippen LogP contribution in [-0.4, -0.2) is 148 Å². The third-order valence-corrected chi connectivity index (χ3v) is 15.3. The lowest BCUT2D eigenvalue weighted by Crippen LogP contribution is -2.62. The number of carbonyl (C=O) groups is 3. The van der Waals surface area contributed by atoms with E-state index in [4.69, 9.17) is 0 Å². The van der Waals surface area contributed by atoms with Crippen molar-refractivity contribution in [2.24, 2.45) is 10.8 Å². The summed E-state index contributed by atoms with van der Waals surface area (Å²) in [5.41, 5.74) is -3.63. The average Bonchev–Trinajstić information content (AvgIpc) is 3.97. The second-order valence-electron chi connectivity index (χ2n) is 21.3. The molecule has 0 spiro atoms. The Morgan fingerprint density at radius 3 is 1.90 bits per heavy atom. The van der Waals surface area contributed by atoms with E-state index in [0.717, 1.165) is 66.3 Å². The van der Waals surface area contributed by atoms with Gasteiger partial charge in [0.1, 0.15) is 17.7 Å². The number of rotatable bonds is 20. The van der Waals surface area contributed by atoms with E-state index in [9.17, 15) is 54.6 Å². The fourth-order valence-electron chi connectivity index (χ4n) is 9.88. The summed E-state index contributed by atoms with van der Waals surface area (Å²) in [5.74, 6) is 2.32. The Labute approximate surface area is 455 Å². The molecule has 2 saturated heterocycles. The molecule has 3 amide bonds. The van der Waals surface area contributed by atoms with E-state index in [1.165, 1.54) is 19.3 Å². The molecule has 3 fully saturated rings. The number of carbonyl (C=O) groups excluding carboxylic acids is 3. The van der Waals surface area contributed by atoms with Crippen molar-refractivity contribution in [1.82, 2.24) is 51.0 Å². The summed E-state index contributed by atoms with van der Waals surface area (Å²) < 4.78 is 155. The van der Waals surface area contributed by atoms with Gasteiger partial charge in [-0.2, -0.15) is 40.2 Å². The van der Waals surface area contributed by atoms with Crippen molar-refractivity contribution in [2.75, 3.05) is 45.3 Å². The molecule has 6 atom stereocenters. The van der Waals surface area contributed by atoms with Crippen molar-refractivity contribution in [2.45, 2.75) is 134 Å². The fourth-order valence-corrected chi connectivity index (χ4v) is 9.88. The standard InChI is InChI=1S/C53H63F10N11O6/c1-50(2,52(58,59)60)43(67-48(77)79-5)25-64-41(20-31-13-10-30(11-14-31)12-15-32-23-65-47(66-24-32)71-26-35-16-17-36(27-71)74(35)34-8-7-9-34)42(75)29-72(70-45(76)44(68-49(78)80-6)51(3,4)53(61,62)63)28-37-38(54)21-33(22-39(37)55)40-18-19-73(69-40)46(56)57/h10-11,13-14,18-19,21-24,34-36,41-44,46,64,75H,7-9,16-17,20,25-29H2,1-6H3,(H,67,77)(H,68,78)(H,70,76)/t35?,36?,41-,42-,43+,44+/m0/s1. The number of hydrazine groups is 1. The number of hydrogen-bond acceptors (Lipinski definition) is 13. The van der Waals surface area contributed by atoms with Crippen molar-refractivity contribution >= 4 is 24.0 Å². The summed E-state index contributed by atoms with van der Waals surface area (Å²) in [5, 5.41) is 23.1. The van der Waals surface area contributed by atoms with E-state index < -0.39 is 109 Å². The Morgan fingerprint density at radius 2 is 1.38 bits per heavy atom. The number of alkyl halides is 8. The van der Waals surface area contributed by atoms with Crippen LogP contribution in [0.4, 0.5) is 59.4 Å². The maximum Gasteiger partial charge on any atom is 0.407 e. The third-order valence-electron chi connectivity index (χ3n) is 15.3. The average molecular weight is 1140 g/mol. The molecule has 1 saturated carbocycles. The monoisotopic (exact) mass is 1140 g/mol. The number of alkyl carbamates (subject to hydrolysis) is 2. The molecule has 1 aliphatic carbocycles. The summed E-state index contributed by atoms with van der Waals surface area (Å²) in [6.07, 6.45) is -4.84. The van der Waals surface area contributed by atoms with Crippen LogP contribution in [0, 0.1) is 34.3 Å². The SMILES string of the molecule is COC(=O)N[C@H](C(=O)NN(Cc1c(F)cc(-c2ccn(C(F)F)n2)cc1F)C[C@H](O)[C@H](Cc1ccc(C#Cc2cnc(N3CC4CCC(C3)N4C3CCC3)nc2)cc1)NC[C@@H](NC(=O)OC)C(C)(C)C(F)(F)F)C(C)(C)C(F)(F)F. The molecule has 3 aliphatic rings. The van der Waals surface area contributed by atoms with Gasteiger partial charge in [0.25, 0.3) is 5.91 Å². The molecule has 2 aromatic carbocycles. The zero-order chi connectivity index (χ0) is 58.5. The number of hydrogen-bond donors (Lipinski definition) is 5. The van der Waals surface area contributed by atoms with Gasteiger partial charge < -0.3 is 35.4 Å². The quantitative estimate of drug-likeness (QED) is 0.0330. The first-order valence-electron chi connectivity index (χ1n) is 25.7. The lowest BCUT2D eigenvalue weighted by Gasteiger charge is -2.48. The van der Waals surface area contributed by atoms with Gasteiger partial charge >= 0.3 is 31.1 Å². The summed E-state index contributed by atoms with van der Waals surface area (Å²) in [6.45, 7) is -1.39. The number of benzene rings is 2. The normalized spacial score (nSPS) is 18.7. The summed E-state index contributed by atoms with van der Waals surface area (Å²) in [7, 11) is 1.74. The number of fused-ring (bicyclic) bond motifs is 2. The number of piperazine rings is 1. The van der Waals surface area contributed by atoms with E-state index in [-0.39, 0.29) is 22.4 Å². The predicted octanol–water partition coefficient (Wildman–Crippen LogP) is 7.64. The first kappa shape index (κ1) is 60.9. The van der Waals surface area contributed by atoms with Crippen molar-refractivity contribution < 1.29 is 72.9 Å². The third kappa shape index (κ3) is 14.2. The first-order valence-corrected chi connectivity index (χ1v) is 25.7. The first-order chi connectivity index (χ1) is 37.6. The topological polar surface area (TPSA) is 191 Å². The smallest absolute Gasteiger partial charge is 0.407 e. The van der Waals surface area contributed by atoms with Gasteiger partial charge in [0, 0.05) is 92.2 Å². The number of nitrogens with one attached hydrogen (secondary N) is 4. The van der Waals surface area contributed by atoms with Crippen molar-refractivity contribution in [1.29, 1.82) is 0 Å². The van der Waals surface area contributed by atoms with Crippen LogP contribution in [0.3, 0.4) is 0 Å². The number of anilines is 1. The zero-order valence-electron chi connectivity index (χ0n) is 44.6. The highest BCUT2D eigenvalue weighted by molar-refractivity contribution is 5.86.